The number of nitrogens with one attached hydrogen (secondary N) is 2. The zero-order chi connectivity index (χ0) is 36.1. The Bertz CT molecular complexity index is 1310. The molecule has 10 heteroatoms. The third kappa shape index (κ3) is 14.0. The van der Waals surface area contributed by atoms with E-state index in [0.717, 1.165) is 31.2 Å². The van der Waals surface area contributed by atoms with E-state index in [1.807, 2.05) is 44.2 Å². The van der Waals surface area contributed by atoms with Gasteiger partial charge in [0.15, 0.2) is 0 Å². The van der Waals surface area contributed by atoms with Crippen LogP contribution in [0, 0.1) is 5.92 Å². The smallest absolute Gasteiger partial charge is 0.408 e. The number of unbranched alkanes of at least 4 members (excludes halogenated alkanes) is 4. The predicted molar refractivity (Wildman–Crippen MR) is 187 cm³/mol. The lowest BCUT2D eigenvalue weighted by Crippen LogP contribution is -2.56. The lowest BCUT2D eigenvalue weighted by Gasteiger charge is -2.36. The molecule has 3 amide bonds. The fourth-order valence-corrected chi connectivity index (χ4v) is 5.18. The van der Waals surface area contributed by atoms with E-state index < -0.39 is 53.2 Å². The number of nitrogens with zero attached hydrogens (tertiary/aromatic N) is 1. The highest BCUT2D eigenvalue weighted by Gasteiger charge is 2.39. The van der Waals surface area contributed by atoms with Crippen molar-refractivity contribution in [3.8, 4) is 5.75 Å². The molecule has 3 N–H and O–H groups in total. The summed E-state index contributed by atoms with van der Waals surface area (Å²) in [6.45, 7) is 16.5. The monoisotopic (exact) mass is 667 g/mol. The number of hydrogen-bond acceptors (Lipinski definition) is 7. The first-order valence-electron chi connectivity index (χ1n) is 17.1. The van der Waals surface area contributed by atoms with Gasteiger partial charge in [0.05, 0.1) is 0 Å². The number of benzene rings is 2. The number of amides is 3. The Labute approximate surface area is 287 Å². The zero-order valence-corrected chi connectivity index (χ0v) is 30.3. The number of carbonyl (C=O) groups is 4. The van der Waals surface area contributed by atoms with Crippen LogP contribution < -0.4 is 10.6 Å². The molecule has 2 aromatic rings. The van der Waals surface area contributed by atoms with Gasteiger partial charge in [-0.1, -0.05) is 88.9 Å². The Hall–Kier alpha value is -4.08. The summed E-state index contributed by atoms with van der Waals surface area (Å²) in [5.74, 6) is -2.00. The topological polar surface area (TPSA) is 134 Å². The van der Waals surface area contributed by atoms with Gasteiger partial charge in [0, 0.05) is 13.0 Å². The molecule has 0 spiro atoms. The highest BCUT2D eigenvalue weighted by Crippen LogP contribution is 2.27. The number of aromatic hydroxyl groups is 1. The number of ether oxygens (including phenoxy) is 2. The van der Waals surface area contributed by atoms with Gasteiger partial charge in [-0.2, -0.15) is 0 Å². The van der Waals surface area contributed by atoms with E-state index in [1.54, 1.807) is 53.7 Å². The van der Waals surface area contributed by atoms with Gasteiger partial charge in [-0.05, 0) is 77.1 Å². The second kappa shape index (κ2) is 18.5. The van der Waals surface area contributed by atoms with Crippen molar-refractivity contribution in [1.29, 1.82) is 0 Å². The summed E-state index contributed by atoms with van der Waals surface area (Å²) in [7, 11) is 0. The second-order valence-electron chi connectivity index (χ2n) is 14.6. The summed E-state index contributed by atoms with van der Waals surface area (Å²) in [5, 5.41) is 15.7. The van der Waals surface area contributed by atoms with E-state index >= 15 is 0 Å². The average Bonchev–Trinajstić information content (AvgIpc) is 2.98. The Morgan fingerprint density at radius 2 is 1.38 bits per heavy atom. The molecule has 0 saturated carbocycles. The van der Waals surface area contributed by atoms with E-state index in [2.05, 4.69) is 17.6 Å². The average molecular weight is 668 g/mol. The molecule has 266 valence electrons. The molecule has 0 fully saturated rings. The number of esters is 1. The van der Waals surface area contributed by atoms with Gasteiger partial charge in [-0.15, -0.1) is 0 Å². The van der Waals surface area contributed by atoms with Crippen molar-refractivity contribution in [2.75, 3.05) is 6.54 Å². The molecule has 2 aromatic carbocycles. The molecule has 0 saturated heterocycles. The molecule has 0 aromatic heterocycles. The van der Waals surface area contributed by atoms with Crippen molar-refractivity contribution in [3.05, 3.63) is 65.7 Å². The van der Waals surface area contributed by atoms with Crippen molar-refractivity contribution >= 4 is 23.9 Å². The minimum atomic E-state index is -1.19. The minimum absolute atomic E-state index is 0.00212. The number of rotatable bonds is 16. The first kappa shape index (κ1) is 40.1. The minimum Gasteiger partial charge on any atom is -0.508 e. The number of alkyl carbamates (subject to hydrolysis) is 1. The first-order chi connectivity index (χ1) is 22.4. The summed E-state index contributed by atoms with van der Waals surface area (Å²) < 4.78 is 11.2. The first-order valence-corrected chi connectivity index (χ1v) is 17.1. The molecule has 0 aliphatic heterocycles. The quantitative estimate of drug-likeness (QED) is 0.132. The van der Waals surface area contributed by atoms with Crippen LogP contribution in [0.2, 0.25) is 0 Å². The van der Waals surface area contributed by atoms with Gasteiger partial charge < -0.3 is 30.1 Å². The van der Waals surface area contributed by atoms with E-state index in [1.165, 1.54) is 17.0 Å². The predicted octanol–water partition coefficient (Wildman–Crippen LogP) is 6.85. The van der Waals surface area contributed by atoms with Crippen LogP contribution in [0.15, 0.2) is 54.6 Å². The molecular weight excluding hydrogens is 610 g/mol. The highest BCUT2D eigenvalue weighted by atomic mass is 16.6. The fraction of sp³-hybridized carbons (Fsp3) is 0.579. The van der Waals surface area contributed by atoms with E-state index in [9.17, 15) is 24.3 Å². The second-order valence-corrected chi connectivity index (χ2v) is 14.6. The Morgan fingerprint density at radius 3 is 1.92 bits per heavy atom. The SMILES string of the molecule is CCCCCCCN(C(=O)C(NC(=O)OC(C)(C)C)C(C)C)C(C(=O)NC(Cc1ccccc1)C(=O)OC(C)(C)C)c1ccc(O)cc1. The largest absolute Gasteiger partial charge is 0.508 e. The Morgan fingerprint density at radius 1 is 0.792 bits per heavy atom. The molecule has 3 unspecified atom stereocenters. The van der Waals surface area contributed by atoms with E-state index in [-0.39, 0.29) is 24.6 Å². The van der Waals surface area contributed by atoms with Gasteiger partial charge in [0.25, 0.3) is 0 Å². The van der Waals surface area contributed by atoms with E-state index in [4.69, 9.17) is 9.47 Å². The molecular formula is C38H57N3O7. The molecule has 0 bridgehead atoms. The summed E-state index contributed by atoms with van der Waals surface area (Å²) in [6, 6.07) is 12.1. The molecule has 2 rings (SSSR count). The molecule has 0 radical (unpaired) electrons. The van der Waals surface area contributed by atoms with Gasteiger partial charge in [-0.3, -0.25) is 9.59 Å². The van der Waals surface area contributed by atoms with Crippen LogP contribution >= 0.6 is 0 Å². The molecule has 3 atom stereocenters. The molecule has 10 nitrogen and oxygen atoms in total. The molecule has 48 heavy (non-hydrogen) atoms. The van der Waals surface area contributed by atoms with Gasteiger partial charge >= 0.3 is 12.1 Å². The van der Waals surface area contributed by atoms with Crippen molar-refractivity contribution in [2.45, 2.75) is 130 Å². The third-order valence-electron chi connectivity index (χ3n) is 7.45. The summed E-state index contributed by atoms with van der Waals surface area (Å²) in [5.41, 5.74) is -0.321. The molecule has 0 heterocycles. The summed E-state index contributed by atoms with van der Waals surface area (Å²) in [6.07, 6.45) is 3.94. The number of hydrogen-bond donors (Lipinski definition) is 3. The van der Waals surface area contributed by atoms with Crippen LogP contribution in [0.4, 0.5) is 4.79 Å². The van der Waals surface area contributed by atoms with Gasteiger partial charge in [0.1, 0.15) is 35.1 Å². The number of phenolic OH excluding ortho intramolecular Hbond substituents is 1. The van der Waals surface area contributed by atoms with E-state index in [0.29, 0.717) is 12.0 Å². The molecule has 0 aliphatic carbocycles. The van der Waals surface area contributed by atoms with Crippen LogP contribution in [-0.2, 0) is 30.3 Å². The van der Waals surface area contributed by atoms with Crippen molar-refractivity contribution in [3.63, 3.8) is 0 Å². The maximum Gasteiger partial charge on any atom is 0.408 e. The fourth-order valence-electron chi connectivity index (χ4n) is 5.18. The highest BCUT2D eigenvalue weighted by molar-refractivity contribution is 5.94. The van der Waals surface area contributed by atoms with Crippen molar-refractivity contribution in [1.82, 2.24) is 15.5 Å². The lowest BCUT2D eigenvalue weighted by atomic mass is 9.97. The normalized spacial score (nSPS) is 13.6. The standard InChI is InChI=1S/C38H57N3O7/c1-10-11-12-13-17-24-41(34(44)31(26(2)3)40-36(46)48-38(7,8)9)32(28-20-22-29(42)23-21-28)33(43)39-30(35(45)47-37(4,5)6)25-27-18-15-14-16-19-27/h14-16,18-23,26,30-32,42H,10-13,17,24-25H2,1-9H3,(H,39,43)(H,40,46). The number of carbonyl (C=O) groups excluding carboxylic acids is 4. The number of phenols is 1. The van der Waals surface area contributed by atoms with Crippen LogP contribution in [-0.4, -0.2) is 63.7 Å². The Balaban J connectivity index is 2.60. The van der Waals surface area contributed by atoms with Crippen molar-refractivity contribution in [2.24, 2.45) is 5.92 Å². The maximum absolute atomic E-state index is 14.5. The summed E-state index contributed by atoms with van der Waals surface area (Å²) in [4.78, 5) is 56.9. The van der Waals surface area contributed by atoms with Crippen LogP contribution in [0.25, 0.3) is 0 Å². The zero-order valence-electron chi connectivity index (χ0n) is 30.3. The summed E-state index contributed by atoms with van der Waals surface area (Å²) >= 11 is 0. The Kier molecular flexibility index (Phi) is 15.4. The van der Waals surface area contributed by atoms with Crippen LogP contribution in [0.1, 0.15) is 112 Å². The van der Waals surface area contributed by atoms with Crippen LogP contribution in [0.5, 0.6) is 5.75 Å². The van der Waals surface area contributed by atoms with Gasteiger partial charge in [0.2, 0.25) is 11.8 Å². The molecule has 0 aliphatic rings. The van der Waals surface area contributed by atoms with Crippen molar-refractivity contribution < 1.29 is 33.8 Å². The third-order valence-corrected chi connectivity index (χ3v) is 7.45. The van der Waals surface area contributed by atoms with Crippen LogP contribution in [0.3, 0.4) is 0 Å². The maximum atomic E-state index is 14.5. The lowest BCUT2D eigenvalue weighted by molar-refractivity contribution is -0.159. The van der Waals surface area contributed by atoms with Gasteiger partial charge in [-0.25, -0.2) is 9.59 Å².